The van der Waals surface area contributed by atoms with E-state index in [2.05, 4.69) is 23.3 Å². The van der Waals surface area contributed by atoms with Crippen LogP contribution in [0.5, 0.6) is 0 Å². The maximum Gasteiger partial charge on any atom is 0.167 e. The van der Waals surface area contributed by atoms with Gasteiger partial charge in [-0.1, -0.05) is 12.1 Å². The molecule has 1 aromatic heterocycles. The molecule has 2 nitrogen and oxygen atoms in total. The minimum atomic E-state index is -0.422. The highest BCUT2D eigenvalue weighted by Gasteiger charge is 2.25. The summed E-state index contributed by atoms with van der Waals surface area (Å²) >= 11 is 1.81. The van der Waals surface area contributed by atoms with Crippen LogP contribution in [-0.2, 0) is 6.42 Å². The monoisotopic (exact) mass is 303 g/mol. The van der Waals surface area contributed by atoms with Crippen LogP contribution in [0.1, 0.15) is 40.2 Å². The third kappa shape index (κ3) is 2.92. The van der Waals surface area contributed by atoms with Gasteiger partial charge in [0.15, 0.2) is 5.78 Å². The molecule has 0 spiro atoms. The molecule has 1 atom stereocenters. The Morgan fingerprint density at radius 2 is 2.19 bits per heavy atom. The Balaban J connectivity index is 1.64. The van der Waals surface area contributed by atoms with Gasteiger partial charge in [-0.2, -0.15) is 0 Å². The van der Waals surface area contributed by atoms with E-state index in [1.807, 2.05) is 11.3 Å². The molecule has 4 heteroatoms. The summed E-state index contributed by atoms with van der Waals surface area (Å²) in [6, 6.07) is 8.74. The zero-order chi connectivity index (χ0) is 14.8. The van der Waals surface area contributed by atoms with Gasteiger partial charge in [0.2, 0.25) is 0 Å². The highest BCUT2D eigenvalue weighted by molar-refractivity contribution is 7.10. The number of thiophene rings is 1. The maximum atomic E-state index is 13.6. The highest BCUT2D eigenvalue weighted by atomic mass is 32.1. The number of carbonyl (C=O) groups is 1. The fourth-order valence-corrected chi connectivity index (χ4v) is 3.90. The lowest BCUT2D eigenvalue weighted by molar-refractivity contribution is 0.0946. The van der Waals surface area contributed by atoms with Crippen LogP contribution in [0.25, 0.3) is 0 Å². The number of benzene rings is 1. The molecule has 2 aromatic rings. The number of hydrogen-bond acceptors (Lipinski definition) is 3. The van der Waals surface area contributed by atoms with Gasteiger partial charge in [-0.15, -0.1) is 11.3 Å². The quantitative estimate of drug-likeness (QED) is 0.793. The average Bonchev–Trinajstić information content (AvgIpc) is 2.96. The number of rotatable bonds is 4. The molecular formula is C17H18FNOS. The van der Waals surface area contributed by atoms with E-state index in [1.54, 1.807) is 18.2 Å². The van der Waals surface area contributed by atoms with Gasteiger partial charge >= 0.3 is 0 Å². The van der Waals surface area contributed by atoms with Crippen molar-refractivity contribution in [2.75, 3.05) is 13.1 Å². The van der Waals surface area contributed by atoms with Gasteiger partial charge in [0.05, 0.1) is 5.56 Å². The molecule has 0 N–H and O–H groups in total. The molecule has 0 fully saturated rings. The first-order valence-corrected chi connectivity index (χ1v) is 8.13. The fourth-order valence-electron chi connectivity index (χ4n) is 2.93. The third-order valence-corrected chi connectivity index (χ3v) is 5.20. The molecule has 1 aliphatic rings. The Bertz CT molecular complexity index is 652. The third-order valence-electron chi connectivity index (χ3n) is 4.20. The minimum Gasteiger partial charge on any atom is -0.296 e. The molecule has 0 saturated carbocycles. The summed E-state index contributed by atoms with van der Waals surface area (Å²) in [5, 5.41) is 2.13. The van der Waals surface area contributed by atoms with Crippen LogP contribution >= 0.6 is 11.3 Å². The van der Waals surface area contributed by atoms with Crippen molar-refractivity contribution in [1.29, 1.82) is 0 Å². The predicted octanol–water partition coefficient (Wildman–Crippen LogP) is 4.08. The highest BCUT2D eigenvalue weighted by Crippen LogP contribution is 2.32. The maximum absolute atomic E-state index is 13.6. The molecular weight excluding hydrogens is 285 g/mol. The number of halogens is 1. The normalized spacial score (nSPS) is 18.5. The number of fused-ring (bicyclic) bond motifs is 1. The minimum absolute atomic E-state index is 0.114. The zero-order valence-corrected chi connectivity index (χ0v) is 12.8. The summed E-state index contributed by atoms with van der Waals surface area (Å²) < 4.78 is 13.6. The van der Waals surface area contributed by atoms with E-state index in [4.69, 9.17) is 0 Å². The van der Waals surface area contributed by atoms with Crippen LogP contribution in [0.4, 0.5) is 4.39 Å². The molecule has 2 heterocycles. The van der Waals surface area contributed by atoms with E-state index in [0.717, 1.165) is 13.0 Å². The number of hydrogen-bond donors (Lipinski definition) is 0. The van der Waals surface area contributed by atoms with E-state index in [9.17, 15) is 9.18 Å². The average molecular weight is 303 g/mol. The first kappa shape index (κ1) is 14.4. The zero-order valence-electron chi connectivity index (χ0n) is 12.0. The Morgan fingerprint density at radius 1 is 1.38 bits per heavy atom. The summed E-state index contributed by atoms with van der Waals surface area (Å²) in [5.41, 5.74) is 1.59. The SMILES string of the molecule is CC1c2ccsc2CCN1CCC(=O)c1ccccc1F. The van der Waals surface area contributed by atoms with Gasteiger partial charge in [-0.3, -0.25) is 9.69 Å². The van der Waals surface area contributed by atoms with Crippen molar-refractivity contribution in [3.05, 3.63) is 57.5 Å². The molecule has 0 bridgehead atoms. The lowest BCUT2D eigenvalue weighted by Crippen LogP contribution is -2.34. The van der Waals surface area contributed by atoms with Crippen molar-refractivity contribution in [2.45, 2.75) is 25.8 Å². The largest absolute Gasteiger partial charge is 0.296 e. The second-order valence-electron chi connectivity index (χ2n) is 5.41. The second-order valence-corrected chi connectivity index (χ2v) is 6.41. The second kappa shape index (κ2) is 6.08. The van der Waals surface area contributed by atoms with Crippen LogP contribution in [0.15, 0.2) is 35.7 Å². The molecule has 3 rings (SSSR count). The van der Waals surface area contributed by atoms with Crippen LogP contribution in [0.3, 0.4) is 0 Å². The lowest BCUT2D eigenvalue weighted by atomic mass is 10.0. The summed E-state index contributed by atoms with van der Waals surface area (Å²) in [6.07, 6.45) is 1.41. The molecule has 0 saturated heterocycles. The molecule has 0 aliphatic carbocycles. The standard InChI is InChI=1S/C17H18FNOS/c1-12-13-8-11-21-17(13)7-10-19(12)9-6-16(20)14-4-2-3-5-15(14)18/h2-5,8,11-12H,6-7,9-10H2,1H3. The number of ketones is 1. The van der Waals surface area contributed by atoms with Crippen LogP contribution in [0, 0.1) is 5.82 Å². The van der Waals surface area contributed by atoms with Crippen molar-refractivity contribution >= 4 is 17.1 Å². The van der Waals surface area contributed by atoms with Gasteiger partial charge in [0.1, 0.15) is 5.82 Å². The molecule has 1 unspecified atom stereocenters. The Labute approximate surface area is 128 Å². The van der Waals surface area contributed by atoms with Crippen molar-refractivity contribution in [2.24, 2.45) is 0 Å². The predicted molar refractivity (Wildman–Crippen MR) is 83.4 cm³/mol. The van der Waals surface area contributed by atoms with Gasteiger partial charge in [0.25, 0.3) is 0 Å². The van der Waals surface area contributed by atoms with E-state index in [1.165, 1.54) is 16.5 Å². The van der Waals surface area contributed by atoms with Crippen molar-refractivity contribution < 1.29 is 9.18 Å². The molecule has 21 heavy (non-hydrogen) atoms. The summed E-state index contributed by atoms with van der Waals surface area (Å²) in [6.45, 7) is 3.83. The first-order valence-electron chi connectivity index (χ1n) is 7.25. The molecule has 0 amide bonds. The topological polar surface area (TPSA) is 20.3 Å². The first-order chi connectivity index (χ1) is 10.2. The smallest absolute Gasteiger partial charge is 0.167 e. The Kier molecular flexibility index (Phi) is 4.17. The lowest BCUT2D eigenvalue weighted by Gasteiger charge is -2.33. The van der Waals surface area contributed by atoms with Crippen molar-refractivity contribution in [3.63, 3.8) is 0 Å². The van der Waals surface area contributed by atoms with E-state index in [-0.39, 0.29) is 11.3 Å². The van der Waals surface area contributed by atoms with E-state index in [0.29, 0.717) is 19.0 Å². The van der Waals surface area contributed by atoms with Gasteiger partial charge in [0, 0.05) is 30.4 Å². The molecule has 110 valence electrons. The van der Waals surface area contributed by atoms with E-state index >= 15 is 0 Å². The van der Waals surface area contributed by atoms with Crippen LogP contribution in [-0.4, -0.2) is 23.8 Å². The summed E-state index contributed by atoms with van der Waals surface area (Å²) in [7, 11) is 0. The van der Waals surface area contributed by atoms with Crippen LogP contribution < -0.4 is 0 Å². The Hall–Kier alpha value is -1.52. The summed E-state index contributed by atoms with van der Waals surface area (Å²) in [4.78, 5) is 15.9. The Morgan fingerprint density at radius 3 is 3.00 bits per heavy atom. The number of carbonyl (C=O) groups excluding carboxylic acids is 1. The van der Waals surface area contributed by atoms with Gasteiger partial charge in [-0.25, -0.2) is 4.39 Å². The summed E-state index contributed by atoms with van der Waals surface area (Å²) in [5.74, 6) is -0.536. The van der Waals surface area contributed by atoms with Crippen molar-refractivity contribution in [3.8, 4) is 0 Å². The molecule has 0 radical (unpaired) electrons. The van der Waals surface area contributed by atoms with Crippen molar-refractivity contribution in [1.82, 2.24) is 4.90 Å². The number of nitrogens with zero attached hydrogens (tertiary/aromatic N) is 1. The molecule has 1 aromatic carbocycles. The number of Topliss-reactive ketones (excluding diaryl/α,β-unsaturated/α-hetero) is 1. The van der Waals surface area contributed by atoms with Crippen LogP contribution in [0.2, 0.25) is 0 Å². The van der Waals surface area contributed by atoms with Gasteiger partial charge in [-0.05, 0) is 42.5 Å². The van der Waals surface area contributed by atoms with Gasteiger partial charge < -0.3 is 0 Å². The fraction of sp³-hybridized carbons (Fsp3) is 0.353. The molecule has 1 aliphatic heterocycles. The van der Waals surface area contributed by atoms with E-state index < -0.39 is 5.82 Å².